The van der Waals surface area contributed by atoms with Crippen LogP contribution in [0.3, 0.4) is 0 Å². The molecule has 10 heteroatoms. The second-order valence-corrected chi connectivity index (χ2v) is 9.03. The van der Waals surface area contributed by atoms with Crippen molar-refractivity contribution in [2.24, 2.45) is 7.05 Å². The fourth-order valence-electron chi connectivity index (χ4n) is 3.52. The van der Waals surface area contributed by atoms with Crippen molar-refractivity contribution in [2.45, 2.75) is 38.1 Å². The van der Waals surface area contributed by atoms with Crippen molar-refractivity contribution in [2.75, 3.05) is 11.9 Å². The number of ether oxygens (including phenoxy) is 1. The highest BCUT2D eigenvalue weighted by Crippen LogP contribution is 2.31. The zero-order chi connectivity index (χ0) is 24.2. The summed E-state index contributed by atoms with van der Waals surface area (Å²) in [5.41, 5.74) is 4.17. The third-order valence-electron chi connectivity index (χ3n) is 5.39. The molecule has 4 aromatic rings. The molecule has 0 spiro atoms. The van der Waals surface area contributed by atoms with Gasteiger partial charge in [-0.05, 0) is 64.1 Å². The van der Waals surface area contributed by atoms with Crippen LogP contribution in [0, 0.1) is 13.8 Å². The summed E-state index contributed by atoms with van der Waals surface area (Å²) in [6.45, 7) is 8.20. The number of aromatic nitrogens is 6. The lowest BCUT2D eigenvalue weighted by atomic mass is 10.2. The van der Waals surface area contributed by atoms with Crippen LogP contribution in [0.25, 0.3) is 17.1 Å². The van der Waals surface area contributed by atoms with E-state index >= 15 is 0 Å². The predicted octanol–water partition coefficient (Wildman–Crippen LogP) is 4.20. The number of hydrogen-bond acceptors (Lipinski definition) is 7. The summed E-state index contributed by atoms with van der Waals surface area (Å²) in [6.07, 6.45) is 3.43. The summed E-state index contributed by atoms with van der Waals surface area (Å²) in [5.74, 6) is 1.32. The van der Waals surface area contributed by atoms with Gasteiger partial charge >= 0.3 is 0 Å². The van der Waals surface area contributed by atoms with Gasteiger partial charge in [0.1, 0.15) is 5.75 Å². The Bertz CT molecular complexity index is 1280. The summed E-state index contributed by atoms with van der Waals surface area (Å²) in [5, 5.41) is 16.4. The van der Waals surface area contributed by atoms with E-state index in [9.17, 15) is 4.79 Å². The van der Waals surface area contributed by atoms with E-state index in [1.54, 1.807) is 17.1 Å². The van der Waals surface area contributed by atoms with Gasteiger partial charge in [0, 0.05) is 30.7 Å². The molecule has 0 fully saturated rings. The van der Waals surface area contributed by atoms with Crippen LogP contribution in [0.1, 0.15) is 25.2 Å². The first-order chi connectivity index (χ1) is 16.4. The Morgan fingerprint density at radius 2 is 1.82 bits per heavy atom. The maximum Gasteiger partial charge on any atom is 0.237 e. The highest BCUT2D eigenvalue weighted by molar-refractivity contribution is 8.00. The van der Waals surface area contributed by atoms with Gasteiger partial charge in [0.05, 0.1) is 28.9 Å². The van der Waals surface area contributed by atoms with Gasteiger partial charge in [-0.2, -0.15) is 5.10 Å². The number of benzene rings is 1. The minimum atomic E-state index is -0.421. The first-order valence-corrected chi connectivity index (χ1v) is 11.8. The molecule has 1 unspecified atom stereocenters. The van der Waals surface area contributed by atoms with Crippen LogP contribution in [-0.4, -0.2) is 47.3 Å². The van der Waals surface area contributed by atoms with Crippen molar-refractivity contribution >= 4 is 23.4 Å². The van der Waals surface area contributed by atoms with Crippen LogP contribution in [0.15, 0.2) is 53.9 Å². The molecule has 34 heavy (non-hydrogen) atoms. The molecule has 0 saturated carbocycles. The minimum absolute atomic E-state index is 0.129. The van der Waals surface area contributed by atoms with Gasteiger partial charge in [-0.25, -0.2) is 0 Å². The van der Waals surface area contributed by atoms with Crippen LogP contribution >= 0.6 is 11.8 Å². The molecule has 0 aliphatic heterocycles. The number of hydrogen-bond donors (Lipinski definition) is 1. The maximum atomic E-state index is 13.0. The molecule has 1 N–H and O–H groups in total. The molecule has 4 rings (SSSR count). The number of thioether (sulfide) groups is 1. The highest BCUT2D eigenvalue weighted by Gasteiger charge is 2.23. The first-order valence-electron chi connectivity index (χ1n) is 11.0. The van der Waals surface area contributed by atoms with Gasteiger partial charge < -0.3 is 10.1 Å². The number of amides is 1. The lowest BCUT2D eigenvalue weighted by Crippen LogP contribution is -2.23. The Morgan fingerprint density at radius 1 is 1.12 bits per heavy atom. The Labute approximate surface area is 202 Å². The highest BCUT2D eigenvalue weighted by atomic mass is 32.2. The number of anilines is 1. The standard InChI is InChI=1S/C24H27N7O2S/c1-6-33-20-9-7-19(8-10-20)31-22(18-11-13-25-14-12-18)27-28-24(31)34-17(4)23(32)26-21-15(2)29-30(5)16(21)3/h7-14,17H,6H2,1-5H3,(H,26,32). The number of carbonyl (C=O) groups excluding carboxylic acids is 1. The predicted molar refractivity (Wildman–Crippen MR) is 132 cm³/mol. The average molecular weight is 478 g/mol. The van der Waals surface area contributed by atoms with E-state index in [1.807, 2.05) is 75.7 Å². The summed E-state index contributed by atoms with van der Waals surface area (Å²) in [4.78, 5) is 17.1. The van der Waals surface area contributed by atoms with Crippen molar-refractivity contribution in [1.29, 1.82) is 0 Å². The smallest absolute Gasteiger partial charge is 0.237 e. The Morgan fingerprint density at radius 3 is 2.44 bits per heavy atom. The lowest BCUT2D eigenvalue weighted by Gasteiger charge is -2.14. The first kappa shape index (κ1) is 23.5. The van der Waals surface area contributed by atoms with E-state index in [4.69, 9.17) is 4.74 Å². The molecule has 3 heterocycles. The molecule has 176 valence electrons. The lowest BCUT2D eigenvalue weighted by molar-refractivity contribution is -0.115. The molecule has 1 aromatic carbocycles. The number of rotatable bonds is 8. The molecule has 0 aliphatic rings. The zero-order valence-corrected chi connectivity index (χ0v) is 20.6. The van der Waals surface area contributed by atoms with Crippen LogP contribution < -0.4 is 10.1 Å². The van der Waals surface area contributed by atoms with Crippen LogP contribution in [0.4, 0.5) is 5.69 Å². The Kier molecular flexibility index (Phi) is 6.97. The van der Waals surface area contributed by atoms with Crippen molar-refractivity contribution in [1.82, 2.24) is 29.5 Å². The maximum absolute atomic E-state index is 13.0. The molecule has 0 radical (unpaired) electrons. The molecular weight excluding hydrogens is 450 g/mol. The zero-order valence-electron chi connectivity index (χ0n) is 19.8. The summed E-state index contributed by atoms with van der Waals surface area (Å²) in [6, 6.07) is 11.5. The molecular formula is C24H27N7O2S. The van der Waals surface area contributed by atoms with Gasteiger partial charge in [-0.1, -0.05) is 11.8 Å². The van der Waals surface area contributed by atoms with Gasteiger partial charge in [0.25, 0.3) is 0 Å². The quantitative estimate of drug-likeness (QED) is 0.380. The van der Waals surface area contributed by atoms with E-state index < -0.39 is 5.25 Å². The third-order valence-corrected chi connectivity index (χ3v) is 6.43. The van der Waals surface area contributed by atoms with Crippen molar-refractivity contribution in [3.8, 4) is 22.8 Å². The van der Waals surface area contributed by atoms with Gasteiger partial charge in [0.15, 0.2) is 11.0 Å². The fraction of sp³-hybridized carbons (Fsp3) is 0.292. The van der Waals surface area contributed by atoms with Crippen LogP contribution in [0.5, 0.6) is 5.75 Å². The summed E-state index contributed by atoms with van der Waals surface area (Å²) >= 11 is 1.34. The number of pyridine rings is 1. The Balaban J connectivity index is 1.64. The number of nitrogens with zero attached hydrogens (tertiary/aromatic N) is 6. The second-order valence-electron chi connectivity index (χ2n) is 7.72. The minimum Gasteiger partial charge on any atom is -0.494 e. The third kappa shape index (κ3) is 4.81. The molecule has 0 bridgehead atoms. The SMILES string of the molecule is CCOc1ccc(-n2c(SC(C)C(=O)Nc3c(C)nn(C)c3C)nnc2-c2ccncc2)cc1. The normalized spacial score (nSPS) is 11.9. The van der Waals surface area contributed by atoms with Crippen molar-refractivity contribution in [3.05, 3.63) is 60.2 Å². The van der Waals surface area contributed by atoms with E-state index in [2.05, 4.69) is 25.6 Å². The largest absolute Gasteiger partial charge is 0.494 e. The Hall–Kier alpha value is -3.66. The van der Waals surface area contributed by atoms with E-state index in [0.717, 1.165) is 34.1 Å². The topological polar surface area (TPSA) is 99.8 Å². The molecule has 0 aliphatic carbocycles. The van der Waals surface area contributed by atoms with E-state index in [1.165, 1.54) is 11.8 Å². The van der Waals surface area contributed by atoms with Crippen molar-refractivity contribution < 1.29 is 9.53 Å². The molecule has 3 aromatic heterocycles. The monoisotopic (exact) mass is 477 g/mol. The fourth-order valence-corrected chi connectivity index (χ4v) is 4.38. The second kappa shape index (κ2) is 10.1. The number of aryl methyl sites for hydroxylation is 2. The molecule has 1 amide bonds. The summed E-state index contributed by atoms with van der Waals surface area (Å²) < 4.78 is 9.28. The van der Waals surface area contributed by atoms with Crippen LogP contribution in [-0.2, 0) is 11.8 Å². The van der Waals surface area contributed by atoms with Gasteiger partial charge in [-0.15, -0.1) is 10.2 Å². The molecule has 9 nitrogen and oxygen atoms in total. The summed E-state index contributed by atoms with van der Waals surface area (Å²) in [7, 11) is 1.86. The molecule has 1 atom stereocenters. The van der Waals surface area contributed by atoms with E-state index in [0.29, 0.717) is 17.6 Å². The van der Waals surface area contributed by atoms with Gasteiger partial charge in [-0.3, -0.25) is 19.0 Å². The van der Waals surface area contributed by atoms with Gasteiger partial charge in [0.2, 0.25) is 5.91 Å². The molecule has 0 saturated heterocycles. The van der Waals surface area contributed by atoms with E-state index in [-0.39, 0.29) is 5.91 Å². The van der Waals surface area contributed by atoms with Crippen molar-refractivity contribution in [3.63, 3.8) is 0 Å². The van der Waals surface area contributed by atoms with Crippen LogP contribution in [0.2, 0.25) is 0 Å². The average Bonchev–Trinajstić information content (AvgIpc) is 3.36. The number of nitrogens with one attached hydrogen (secondary N) is 1. The number of carbonyl (C=O) groups is 1.